The van der Waals surface area contributed by atoms with E-state index in [1.807, 2.05) is 0 Å². The highest BCUT2D eigenvalue weighted by molar-refractivity contribution is 6.08. The third-order valence-corrected chi connectivity index (χ3v) is 2.74. The van der Waals surface area contributed by atoms with E-state index < -0.39 is 22.2 Å². The molecule has 1 rings (SSSR count). The first kappa shape index (κ1) is 15.4. The molecular formula is C12H14N2O6. The van der Waals surface area contributed by atoms with E-state index in [1.165, 1.54) is 33.1 Å². The number of benzene rings is 1. The highest BCUT2D eigenvalue weighted by Crippen LogP contribution is 2.30. The quantitative estimate of drug-likeness (QED) is 0.481. The number of carbonyl (C=O) groups excluding carboxylic acids is 1. The summed E-state index contributed by atoms with van der Waals surface area (Å²) in [7, 11) is 1.33. The third kappa shape index (κ3) is 3.02. The summed E-state index contributed by atoms with van der Waals surface area (Å²) in [5.41, 5.74) is -1.87. The maximum atomic E-state index is 11.9. The lowest BCUT2D eigenvalue weighted by Gasteiger charge is -2.19. The highest BCUT2D eigenvalue weighted by Gasteiger charge is 2.36. The number of carboxylic acids is 1. The van der Waals surface area contributed by atoms with Crippen LogP contribution in [0.15, 0.2) is 18.2 Å². The van der Waals surface area contributed by atoms with Gasteiger partial charge >= 0.3 is 5.97 Å². The SMILES string of the molecule is COc1ccc([N+](=O)[O-])cc1NC(=O)C(C)(C)C(=O)O. The minimum atomic E-state index is -1.67. The normalized spacial score (nSPS) is 10.8. The minimum Gasteiger partial charge on any atom is -0.495 e. The summed E-state index contributed by atoms with van der Waals surface area (Å²) in [4.78, 5) is 33.0. The fraction of sp³-hybridized carbons (Fsp3) is 0.333. The van der Waals surface area contributed by atoms with Crippen LogP contribution in [0.2, 0.25) is 0 Å². The van der Waals surface area contributed by atoms with Gasteiger partial charge in [0.25, 0.3) is 5.69 Å². The van der Waals surface area contributed by atoms with Crippen LogP contribution >= 0.6 is 0 Å². The Bertz CT molecular complexity index is 567. The molecule has 0 atom stereocenters. The highest BCUT2D eigenvalue weighted by atomic mass is 16.6. The van der Waals surface area contributed by atoms with E-state index >= 15 is 0 Å². The standard InChI is InChI=1S/C12H14N2O6/c1-12(2,11(16)17)10(15)13-8-6-7(14(18)19)4-5-9(8)20-3/h4-6H,1-3H3,(H,13,15)(H,16,17). The van der Waals surface area contributed by atoms with E-state index in [2.05, 4.69) is 5.32 Å². The van der Waals surface area contributed by atoms with Crippen molar-refractivity contribution in [2.24, 2.45) is 5.41 Å². The van der Waals surface area contributed by atoms with E-state index in [9.17, 15) is 19.7 Å². The molecule has 8 heteroatoms. The summed E-state index contributed by atoms with van der Waals surface area (Å²) in [6, 6.07) is 3.65. The Labute approximate surface area is 114 Å². The predicted octanol–water partition coefficient (Wildman–Crippen LogP) is 1.65. The number of nitrogens with one attached hydrogen (secondary N) is 1. The zero-order valence-electron chi connectivity index (χ0n) is 11.2. The number of methoxy groups -OCH3 is 1. The Hall–Kier alpha value is -2.64. The Morgan fingerprint density at radius 2 is 2.00 bits per heavy atom. The van der Waals surface area contributed by atoms with Gasteiger partial charge < -0.3 is 15.2 Å². The molecule has 0 saturated carbocycles. The van der Waals surface area contributed by atoms with Gasteiger partial charge in [-0.3, -0.25) is 19.7 Å². The second-order valence-electron chi connectivity index (χ2n) is 4.53. The third-order valence-electron chi connectivity index (χ3n) is 2.74. The van der Waals surface area contributed by atoms with Crippen LogP contribution in [0.1, 0.15) is 13.8 Å². The first-order chi connectivity index (χ1) is 9.20. The van der Waals surface area contributed by atoms with Gasteiger partial charge in [-0.05, 0) is 19.9 Å². The summed E-state index contributed by atoms with van der Waals surface area (Å²) < 4.78 is 4.97. The lowest BCUT2D eigenvalue weighted by molar-refractivity contribution is -0.384. The van der Waals surface area contributed by atoms with Crippen molar-refractivity contribution in [3.63, 3.8) is 0 Å². The van der Waals surface area contributed by atoms with Gasteiger partial charge in [0.05, 0.1) is 17.7 Å². The van der Waals surface area contributed by atoms with Crippen molar-refractivity contribution >= 4 is 23.3 Å². The molecule has 0 aliphatic heterocycles. The zero-order valence-corrected chi connectivity index (χ0v) is 11.2. The molecule has 1 aromatic rings. The molecule has 2 N–H and O–H groups in total. The average molecular weight is 282 g/mol. The van der Waals surface area contributed by atoms with Gasteiger partial charge in [0.2, 0.25) is 5.91 Å². The maximum absolute atomic E-state index is 11.9. The van der Waals surface area contributed by atoms with E-state index in [4.69, 9.17) is 9.84 Å². The molecule has 8 nitrogen and oxygen atoms in total. The van der Waals surface area contributed by atoms with Crippen molar-refractivity contribution in [3.05, 3.63) is 28.3 Å². The van der Waals surface area contributed by atoms with Crippen LogP contribution in [-0.2, 0) is 9.59 Å². The van der Waals surface area contributed by atoms with E-state index in [-0.39, 0.29) is 17.1 Å². The second kappa shape index (κ2) is 5.55. The molecule has 0 heterocycles. The molecule has 0 aromatic heterocycles. The first-order valence-electron chi connectivity index (χ1n) is 5.57. The Kier molecular flexibility index (Phi) is 4.28. The fourth-order valence-corrected chi connectivity index (χ4v) is 1.28. The summed E-state index contributed by atoms with van der Waals surface area (Å²) in [6.45, 7) is 2.46. The number of carboxylic acid groups (broad SMARTS) is 1. The molecule has 20 heavy (non-hydrogen) atoms. The van der Waals surface area contributed by atoms with Crippen LogP contribution in [0.3, 0.4) is 0 Å². The van der Waals surface area contributed by atoms with Gasteiger partial charge in [0.1, 0.15) is 11.2 Å². The number of hydrogen-bond acceptors (Lipinski definition) is 5. The number of carbonyl (C=O) groups is 2. The van der Waals surface area contributed by atoms with Crippen LogP contribution < -0.4 is 10.1 Å². The number of hydrogen-bond donors (Lipinski definition) is 2. The van der Waals surface area contributed by atoms with Crippen molar-refractivity contribution < 1.29 is 24.4 Å². The molecule has 0 aliphatic rings. The van der Waals surface area contributed by atoms with E-state index in [1.54, 1.807) is 0 Å². The number of nitrogens with zero attached hydrogens (tertiary/aromatic N) is 1. The fourth-order valence-electron chi connectivity index (χ4n) is 1.28. The van der Waals surface area contributed by atoms with Crippen LogP contribution in [0.4, 0.5) is 11.4 Å². The molecule has 1 amide bonds. The van der Waals surface area contributed by atoms with Gasteiger partial charge in [-0.25, -0.2) is 0 Å². The summed E-state index contributed by atoms with van der Waals surface area (Å²) in [5.74, 6) is -1.91. The number of non-ortho nitro benzene ring substituents is 1. The van der Waals surface area contributed by atoms with Crippen molar-refractivity contribution in [2.75, 3.05) is 12.4 Å². The van der Waals surface area contributed by atoms with Gasteiger partial charge in [-0.15, -0.1) is 0 Å². The monoisotopic (exact) mass is 282 g/mol. The van der Waals surface area contributed by atoms with Gasteiger partial charge in [0, 0.05) is 12.1 Å². The van der Waals surface area contributed by atoms with Gasteiger partial charge in [-0.2, -0.15) is 0 Å². The second-order valence-corrected chi connectivity index (χ2v) is 4.53. The Balaban J connectivity index is 3.13. The van der Waals surface area contributed by atoms with Crippen molar-refractivity contribution in [2.45, 2.75) is 13.8 Å². The first-order valence-corrected chi connectivity index (χ1v) is 5.57. The Morgan fingerprint density at radius 3 is 2.45 bits per heavy atom. The molecule has 108 valence electrons. The summed E-state index contributed by atoms with van der Waals surface area (Å²) >= 11 is 0. The number of anilines is 1. The summed E-state index contributed by atoms with van der Waals surface area (Å²) in [5, 5.41) is 22.0. The number of aliphatic carboxylic acids is 1. The van der Waals surface area contributed by atoms with E-state index in [0.717, 1.165) is 6.07 Å². The number of nitro benzene ring substituents is 1. The summed E-state index contributed by atoms with van der Waals surface area (Å²) in [6.07, 6.45) is 0. The molecule has 0 radical (unpaired) electrons. The smallest absolute Gasteiger partial charge is 0.318 e. The molecule has 0 saturated heterocycles. The van der Waals surface area contributed by atoms with Crippen LogP contribution in [0.5, 0.6) is 5.75 Å². The molecule has 0 bridgehead atoms. The number of rotatable bonds is 5. The zero-order chi connectivity index (χ0) is 15.5. The molecule has 0 fully saturated rings. The van der Waals surface area contributed by atoms with Crippen LogP contribution in [0, 0.1) is 15.5 Å². The Morgan fingerprint density at radius 1 is 1.40 bits per heavy atom. The molecular weight excluding hydrogens is 268 g/mol. The molecule has 0 spiro atoms. The number of amides is 1. The lowest BCUT2D eigenvalue weighted by Crippen LogP contribution is -2.37. The molecule has 0 unspecified atom stereocenters. The van der Waals surface area contributed by atoms with Crippen LogP contribution in [-0.4, -0.2) is 29.0 Å². The van der Waals surface area contributed by atoms with Gasteiger partial charge in [-0.1, -0.05) is 0 Å². The lowest BCUT2D eigenvalue weighted by atomic mass is 9.92. The molecule has 1 aromatic carbocycles. The van der Waals surface area contributed by atoms with Crippen molar-refractivity contribution in [3.8, 4) is 5.75 Å². The van der Waals surface area contributed by atoms with E-state index in [0.29, 0.717) is 0 Å². The number of ether oxygens (including phenoxy) is 1. The van der Waals surface area contributed by atoms with Crippen molar-refractivity contribution in [1.29, 1.82) is 0 Å². The topological polar surface area (TPSA) is 119 Å². The largest absolute Gasteiger partial charge is 0.495 e. The van der Waals surface area contributed by atoms with Crippen molar-refractivity contribution in [1.82, 2.24) is 0 Å². The van der Waals surface area contributed by atoms with Gasteiger partial charge in [0.15, 0.2) is 0 Å². The number of nitro groups is 1. The maximum Gasteiger partial charge on any atom is 0.318 e. The minimum absolute atomic E-state index is 0.0426. The average Bonchev–Trinajstić information content (AvgIpc) is 2.38. The van der Waals surface area contributed by atoms with Crippen LogP contribution in [0.25, 0.3) is 0 Å². The predicted molar refractivity (Wildman–Crippen MR) is 69.7 cm³/mol. The molecule has 0 aliphatic carbocycles.